The molecular formula is C12H18N2O5S. The van der Waals surface area contributed by atoms with Gasteiger partial charge in [-0.15, -0.1) is 0 Å². The van der Waals surface area contributed by atoms with Gasteiger partial charge in [0.1, 0.15) is 5.75 Å². The van der Waals surface area contributed by atoms with Gasteiger partial charge in [-0.2, -0.15) is 4.31 Å². The Morgan fingerprint density at radius 2 is 1.85 bits per heavy atom. The Balaban J connectivity index is 3.09. The molecule has 0 aromatic heterocycles. The molecule has 3 N–H and O–H groups in total. The fraction of sp³-hybridized carbons (Fsp3) is 0.417. The van der Waals surface area contributed by atoms with Crippen LogP contribution in [0.25, 0.3) is 0 Å². The summed E-state index contributed by atoms with van der Waals surface area (Å²) >= 11 is 0. The van der Waals surface area contributed by atoms with Crippen molar-refractivity contribution >= 4 is 15.9 Å². The predicted molar refractivity (Wildman–Crippen MR) is 71.6 cm³/mol. The van der Waals surface area contributed by atoms with Gasteiger partial charge in [0.25, 0.3) is 5.91 Å². The van der Waals surface area contributed by atoms with Crippen LogP contribution in [0.3, 0.4) is 0 Å². The van der Waals surface area contributed by atoms with E-state index in [1.54, 1.807) is 0 Å². The Bertz CT molecular complexity index is 554. The first-order chi connectivity index (χ1) is 9.27. The van der Waals surface area contributed by atoms with Crippen LogP contribution >= 0.6 is 0 Å². The molecule has 0 saturated carbocycles. The number of phenols is 1. The van der Waals surface area contributed by atoms with Gasteiger partial charge in [0, 0.05) is 6.54 Å². The molecule has 0 aliphatic carbocycles. The van der Waals surface area contributed by atoms with Crippen molar-refractivity contribution in [3.63, 3.8) is 0 Å². The van der Waals surface area contributed by atoms with E-state index in [1.807, 2.05) is 13.8 Å². The molecule has 7 nitrogen and oxygen atoms in total. The molecular weight excluding hydrogens is 284 g/mol. The minimum absolute atomic E-state index is 0.00776. The van der Waals surface area contributed by atoms with Crippen molar-refractivity contribution < 1.29 is 23.5 Å². The average Bonchev–Trinajstić information content (AvgIpc) is 2.37. The lowest BCUT2D eigenvalue weighted by molar-refractivity contribution is -0.129. The van der Waals surface area contributed by atoms with Gasteiger partial charge in [-0.1, -0.05) is 13.8 Å². The van der Waals surface area contributed by atoms with E-state index < -0.39 is 22.5 Å². The number of aromatic hydroxyl groups is 1. The number of amides is 1. The number of carbonyl (C=O) groups is 1. The van der Waals surface area contributed by atoms with Gasteiger partial charge in [-0.3, -0.25) is 10.0 Å². The number of sulfonamides is 1. The highest BCUT2D eigenvalue weighted by atomic mass is 32.2. The molecule has 0 aliphatic rings. The van der Waals surface area contributed by atoms with E-state index in [0.717, 1.165) is 4.31 Å². The number of nitrogens with zero attached hydrogens (tertiary/aromatic N) is 1. The van der Waals surface area contributed by atoms with Gasteiger partial charge in [0.05, 0.1) is 11.4 Å². The third-order valence-corrected chi connectivity index (χ3v) is 4.31. The largest absolute Gasteiger partial charge is 0.508 e. The summed E-state index contributed by atoms with van der Waals surface area (Å²) in [7, 11) is -3.87. The Morgan fingerprint density at radius 3 is 2.30 bits per heavy atom. The van der Waals surface area contributed by atoms with Crippen LogP contribution in [0.5, 0.6) is 5.75 Å². The summed E-state index contributed by atoms with van der Waals surface area (Å²) in [4.78, 5) is 11.2. The van der Waals surface area contributed by atoms with E-state index in [4.69, 9.17) is 5.21 Å². The summed E-state index contributed by atoms with van der Waals surface area (Å²) in [6.45, 7) is 3.29. The highest BCUT2D eigenvalue weighted by molar-refractivity contribution is 7.89. The Labute approximate surface area is 117 Å². The third kappa shape index (κ3) is 4.19. The molecule has 0 radical (unpaired) electrons. The van der Waals surface area contributed by atoms with Crippen LogP contribution < -0.4 is 5.48 Å². The van der Waals surface area contributed by atoms with Gasteiger partial charge in [0.15, 0.2) is 0 Å². The third-order valence-electron chi connectivity index (χ3n) is 2.49. The first kappa shape index (κ1) is 16.4. The van der Waals surface area contributed by atoms with Crippen molar-refractivity contribution in [1.29, 1.82) is 0 Å². The van der Waals surface area contributed by atoms with Crippen LogP contribution in [0.1, 0.15) is 13.8 Å². The summed E-state index contributed by atoms with van der Waals surface area (Å²) in [5, 5.41) is 17.7. The number of hydrogen-bond acceptors (Lipinski definition) is 5. The molecule has 0 unspecified atom stereocenters. The maximum Gasteiger partial charge on any atom is 0.258 e. The zero-order chi connectivity index (χ0) is 15.3. The zero-order valence-corrected chi connectivity index (χ0v) is 12.1. The minimum Gasteiger partial charge on any atom is -0.508 e. The number of nitrogens with one attached hydrogen (secondary N) is 1. The van der Waals surface area contributed by atoms with Crippen LogP contribution in [0, 0.1) is 5.92 Å². The summed E-state index contributed by atoms with van der Waals surface area (Å²) in [5.74, 6) is -0.853. The van der Waals surface area contributed by atoms with Crippen LogP contribution in [-0.4, -0.2) is 42.0 Å². The van der Waals surface area contributed by atoms with Crippen molar-refractivity contribution in [1.82, 2.24) is 9.79 Å². The molecule has 20 heavy (non-hydrogen) atoms. The van der Waals surface area contributed by atoms with Crippen LogP contribution in [-0.2, 0) is 14.8 Å². The van der Waals surface area contributed by atoms with Crippen molar-refractivity contribution in [2.45, 2.75) is 18.7 Å². The lowest BCUT2D eigenvalue weighted by atomic mass is 10.2. The van der Waals surface area contributed by atoms with Gasteiger partial charge in [-0.05, 0) is 30.2 Å². The van der Waals surface area contributed by atoms with E-state index >= 15 is 0 Å². The van der Waals surface area contributed by atoms with Crippen molar-refractivity contribution in [2.24, 2.45) is 5.92 Å². The molecule has 0 bridgehead atoms. The van der Waals surface area contributed by atoms with E-state index in [2.05, 4.69) is 0 Å². The van der Waals surface area contributed by atoms with Crippen LogP contribution in [0.4, 0.5) is 0 Å². The van der Waals surface area contributed by atoms with Crippen LogP contribution in [0.2, 0.25) is 0 Å². The molecule has 1 rings (SSSR count). The lowest BCUT2D eigenvalue weighted by Crippen LogP contribution is -2.41. The molecule has 0 saturated heterocycles. The maximum absolute atomic E-state index is 12.4. The lowest BCUT2D eigenvalue weighted by Gasteiger charge is -2.23. The number of phenolic OH excluding ortho intramolecular Hbond substituents is 1. The molecule has 112 valence electrons. The Hall–Kier alpha value is -1.64. The second-order valence-corrected chi connectivity index (χ2v) is 6.66. The van der Waals surface area contributed by atoms with Crippen molar-refractivity contribution in [2.75, 3.05) is 13.1 Å². The molecule has 1 aromatic carbocycles. The first-order valence-corrected chi connectivity index (χ1v) is 7.43. The highest BCUT2D eigenvalue weighted by Gasteiger charge is 2.27. The number of carbonyl (C=O) groups excluding carboxylic acids is 1. The SMILES string of the molecule is CC(C)CN(CC(=O)NO)S(=O)(=O)c1ccc(O)cc1. The van der Waals surface area contributed by atoms with Gasteiger partial charge in [0.2, 0.25) is 10.0 Å². The van der Waals surface area contributed by atoms with Gasteiger partial charge >= 0.3 is 0 Å². The number of hydroxylamine groups is 1. The minimum atomic E-state index is -3.87. The number of benzene rings is 1. The molecule has 0 aliphatic heterocycles. The molecule has 0 spiro atoms. The first-order valence-electron chi connectivity index (χ1n) is 5.99. The fourth-order valence-corrected chi connectivity index (χ4v) is 3.18. The summed E-state index contributed by atoms with van der Waals surface area (Å²) in [6.07, 6.45) is 0. The van der Waals surface area contributed by atoms with Crippen LogP contribution in [0.15, 0.2) is 29.2 Å². The monoisotopic (exact) mass is 302 g/mol. The smallest absolute Gasteiger partial charge is 0.258 e. The van der Waals surface area contributed by atoms with Gasteiger partial charge < -0.3 is 5.11 Å². The zero-order valence-electron chi connectivity index (χ0n) is 11.3. The molecule has 0 heterocycles. The summed E-state index contributed by atoms with van der Waals surface area (Å²) in [5.41, 5.74) is 1.42. The summed E-state index contributed by atoms with van der Waals surface area (Å²) < 4.78 is 25.8. The topological polar surface area (TPSA) is 107 Å². The standard InChI is InChI=1S/C12H18N2O5S/c1-9(2)7-14(8-12(16)13-17)20(18,19)11-5-3-10(15)4-6-11/h3-6,9,15,17H,7-8H2,1-2H3,(H,13,16). The normalized spacial score (nSPS) is 11.8. The van der Waals surface area contributed by atoms with Crippen molar-refractivity contribution in [3.8, 4) is 5.75 Å². The molecule has 1 aromatic rings. The fourth-order valence-electron chi connectivity index (χ4n) is 1.62. The Morgan fingerprint density at radius 1 is 1.30 bits per heavy atom. The average molecular weight is 302 g/mol. The van der Waals surface area contributed by atoms with E-state index in [9.17, 15) is 18.3 Å². The van der Waals surface area contributed by atoms with Gasteiger partial charge in [-0.25, -0.2) is 13.9 Å². The predicted octanol–water partition coefficient (Wildman–Crippen LogP) is 0.544. The second-order valence-electron chi connectivity index (χ2n) is 4.72. The quantitative estimate of drug-likeness (QED) is 0.525. The maximum atomic E-state index is 12.4. The second kappa shape index (κ2) is 6.69. The van der Waals surface area contributed by atoms with E-state index in [-0.39, 0.29) is 23.1 Å². The number of hydrogen-bond donors (Lipinski definition) is 3. The molecule has 1 amide bonds. The van der Waals surface area contributed by atoms with E-state index in [1.165, 1.54) is 29.7 Å². The molecule has 0 fully saturated rings. The van der Waals surface area contributed by atoms with Crippen molar-refractivity contribution in [3.05, 3.63) is 24.3 Å². The van der Waals surface area contributed by atoms with E-state index in [0.29, 0.717) is 0 Å². The molecule has 8 heteroatoms. The highest BCUT2D eigenvalue weighted by Crippen LogP contribution is 2.19. The Kier molecular flexibility index (Phi) is 5.49. The molecule has 0 atom stereocenters. The number of rotatable bonds is 6. The summed E-state index contributed by atoms with van der Waals surface area (Å²) in [6, 6.07) is 5.03.